The highest BCUT2D eigenvalue weighted by atomic mass is 19.4. The van der Waals surface area contributed by atoms with Gasteiger partial charge in [0.15, 0.2) is 6.10 Å². The van der Waals surface area contributed by atoms with Gasteiger partial charge in [-0.15, -0.1) is 0 Å². The Balaban J connectivity index is 2.17. The number of alkyl halides is 3. The molecule has 2 N–H and O–H groups in total. The third-order valence-corrected chi connectivity index (χ3v) is 3.18. The molecule has 0 aliphatic heterocycles. The lowest BCUT2D eigenvalue weighted by Gasteiger charge is -2.26. The van der Waals surface area contributed by atoms with Crippen LogP contribution < -0.4 is 5.32 Å². The van der Waals surface area contributed by atoms with E-state index in [0.717, 1.165) is 5.56 Å². The van der Waals surface area contributed by atoms with Crippen LogP contribution in [0.3, 0.4) is 0 Å². The first-order chi connectivity index (χ1) is 9.98. The molecule has 5 heteroatoms. The molecule has 2 atom stereocenters. The van der Waals surface area contributed by atoms with Gasteiger partial charge < -0.3 is 10.4 Å². The lowest BCUT2D eigenvalue weighted by molar-refractivity contribution is -0.213. The van der Waals surface area contributed by atoms with Crippen LogP contribution in [-0.4, -0.2) is 17.4 Å². The lowest BCUT2D eigenvalue weighted by Crippen LogP contribution is -2.41. The topological polar surface area (TPSA) is 32.3 Å². The van der Waals surface area contributed by atoms with E-state index in [1.54, 1.807) is 30.3 Å². The molecule has 0 aromatic heterocycles. The van der Waals surface area contributed by atoms with E-state index < -0.39 is 18.3 Å². The third-order valence-electron chi connectivity index (χ3n) is 3.18. The van der Waals surface area contributed by atoms with Crippen molar-refractivity contribution in [3.63, 3.8) is 0 Å². The third kappa shape index (κ3) is 4.31. The van der Waals surface area contributed by atoms with E-state index in [1.807, 2.05) is 30.3 Å². The van der Waals surface area contributed by atoms with Gasteiger partial charge in [0.25, 0.3) is 0 Å². The maximum absolute atomic E-state index is 12.8. The van der Waals surface area contributed by atoms with E-state index >= 15 is 0 Å². The van der Waals surface area contributed by atoms with Crippen molar-refractivity contribution in [3.05, 3.63) is 71.8 Å². The molecule has 0 aliphatic rings. The molecule has 2 aromatic rings. The second-order valence-corrected chi connectivity index (χ2v) is 4.74. The maximum Gasteiger partial charge on any atom is 0.416 e. The summed E-state index contributed by atoms with van der Waals surface area (Å²) in [6, 6.07) is 16.0. The summed E-state index contributed by atoms with van der Waals surface area (Å²) in [6.07, 6.45) is -7.13. The summed E-state index contributed by atoms with van der Waals surface area (Å²) in [6.45, 7) is 0.244. The highest BCUT2D eigenvalue weighted by molar-refractivity contribution is 5.21. The van der Waals surface area contributed by atoms with Gasteiger partial charge in [-0.25, -0.2) is 0 Å². The van der Waals surface area contributed by atoms with E-state index in [4.69, 9.17) is 0 Å². The van der Waals surface area contributed by atoms with Gasteiger partial charge in [-0.05, 0) is 11.1 Å². The van der Waals surface area contributed by atoms with Crippen LogP contribution in [0.4, 0.5) is 13.2 Å². The molecule has 0 aliphatic carbocycles. The van der Waals surface area contributed by atoms with Crippen molar-refractivity contribution in [2.24, 2.45) is 0 Å². The fourth-order valence-corrected chi connectivity index (χ4v) is 2.08. The second-order valence-electron chi connectivity index (χ2n) is 4.74. The minimum Gasteiger partial charge on any atom is -0.382 e. The van der Waals surface area contributed by atoms with Crippen molar-refractivity contribution in [2.45, 2.75) is 24.9 Å². The van der Waals surface area contributed by atoms with Crippen molar-refractivity contribution >= 4 is 0 Å². The number of aliphatic hydroxyl groups is 1. The largest absolute Gasteiger partial charge is 0.416 e. The Morgan fingerprint density at radius 1 is 0.905 bits per heavy atom. The highest BCUT2D eigenvalue weighted by Gasteiger charge is 2.43. The first-order valence-corrected chi connectivity index (χ1v) is 6.55. The molecule has 0 saturated carbocycles. The lowest BCUT2D eigenvalue weighted by atomic mass is 10.0. The smallest absolute Gasteiger partial charge is 0.382 e. The summed E-state index contributed by atoms with van der Waals surface area (Å²) in [5, 5.41) is 12.4. The molecule has 2 aromatic carbocycles. The van der Waals surface area contributed by atoms with Crippen molar-refractivity contribution in [3.8, 4) is 0 Å². The Bertz CT molecular complexity index is 542. The number of rotatable bonds is 5. The number of halogens is 3. The number of hydrogen-bond donors (Lipinski definition) is 2. The Morgan fingerprint density at radius 3 is 1.95 bits per heavy atom. The average Bonchev–Trinajstić information content (AvgIpc) is 2.48. The molecule has 0 unspecified atom stereocenters. The number of benzene rings is 2. The first kappa shape index (κ1) is 15.5. The van der Waals surface area contributed by atoms with Gasteiger partial charge in [0.05, 0.1) is 6.04 Å². The second kappa shape index (κ2) is 6.74. The van der Waals surface area contributed by atoms with Gasteiger partial charge in [0.2, 0.25) is 0 Å². The Kier molecular flexibility index (Phi) is 4.98. The van der Waals surface area contributed by atoms with Crippen LogP contribution in [0.15, 0.2) is 60.7 Å². The molecule has 2 nitrogen and oxygen atoms in total. The maximum atomic E-state index is 12.8. The van der Waals surface area contributed by atoms with E-state index in [1.165, 1.54) is 0 Å². The van der Waals surface area contributed by atoms with Gasteiger partial charge in [0.1, 0.15) is 0 Å². The van der Waals surface area contributed by atoms with Crippen LogP contribution in [0.5, 0.6) is 0 Å². The van der Waals surface area contributed by atoms with Gasteiger partial charge in [0, 0.05) is 6.54 Å². The van der Waals surface area contributed by atoms with Crippen LogP contribution in [0.2, 0.25) is 0 Å². The molecule has 0 radical (unpaired) electrons. The molecule has 112 valence electrons. The predicted octanol–water partition coefficient (Wildman–Crippen LogP) is 3.44. The quantitative estimate of drug-likeness (QED) is 0.885. The van der Waals surface area contributed by atoms with E-state index in [9.17, 15) is 18.3 Å². The fourth-order valence-electron chi connectivity index (χ4n) is 2.08. The summed E-state index contributed by atoms with van der Waals surface area (Å²) < 4.78 is 38.5. The van der Waals surface area contributed by atoms with Crippen molar-refractivity contribution in [1.29, 1.82) is 0 Å². The molecule has 0 spiro atoms. The number of nitrogens with one attached hydrogen (secondary N) is 1. The predicted molar refractivity (Wildman–Crippen MR) is 74.5 cm³/mol. The minimum atomic E-state index is -4.68. The summed E-state index contributed by atoms with van der Waals surface area (Å²) in [5.41, 5.74) is 1.26. The molecule has 0 bridgehead atoms. The van der Waals surface area contributed by atoms with Crippen LogP contribution >= 0.6 is 0 Å². The van der Waals surface area contributed by atoms with E-state index in [0.29, 0.717) is 5.56 Å². The molecule has 0 heterocycles. The van der Waals surface area contributed by atoms with Crippen LogP contribution in [0, 0.1) is 0 Å². The average molecular weight is 295 g/mol. The normalized spacial score (nSPS) is 14.7. The molecule has 2 rings (SSSR count). The van der Waals surface area contributed by atoms with Crippen LogP contribution in [-0.2, 0) is 6.54 Å². The zero-order valence-corrected chi connectivity index (χ0v) is 11.2. The van der Waals surface area contributed by atoms with E-state index in [-0.39, 0.29) is 6.54 Å². The SMILES string of the molecule is O[C@H]([C@@H](NCc1ccccc1)c1ccccc1)C(F)(F)F. The minimum absolute atomic E-state index is 0.244. The van der Waals surface area contributed by atoms with E-state index in [2.05, 4.69) is 5.32 Å². The zero-order chi connectivity index (χ0) is 15.3. The molecule has 0 saturated heterocycles. The molecule has 21 heavy (non-hydrogen) atoms. The van der Waals surface area contributed by atoms with Crippen LogP contribution in [0.25, 0.3) is 0 Å². The Hall–Kier alpha value is -1.85. The molecular formula is C16H16F3NO. The molecular weight excluding hydrogens is 279 g/mol. The Labute approximate surface area is 121 Å². The molecule has 0 fully saturated rings. The first-order valence-electron chi connectivity index (χ1n) is 6.55. The van der Waals surface area contributed by atoms with Gasteiger partial charge in [-0.1, -0.05) is 60.7 Å². The van der Waals surface area contributed by atoms with Gasteiger partial charge in [-0.2, -0.15) is 13.2 Å². The van der Waals surface area contributed by atoms with Crippen molar-refractivity contribution in [1.82, 2.24) is 5.32 Å². The number of hydrogen-bond acceptors (Lipinski definition) is 2. The fraction of sp³-hybridized carbons (Fsp3) is 0.250. The standard InChI is InChI=1S/C16H16F3NO/c17-16(18,19)15(21)14(13-9-5-2-6-10-13)20-11-12-7-3-1-4-8-12/h1-10,14-15,20-21H,11H2/t14-,15+/m0/s1. The molecule has 0 amide bonds. The monoisotopic (exact) mass is 295 g/mol. The summed E-state index contributed by atoms with van der Waals surface area (Å²) in [5.74, 6) is 0. The summed E-state index contributed by atoms with van der Waals surface area (Å²) in [4.78, 5) is 0. The highest BCUT2D eigenvalue weighted by Crippen LogP contribution is 2.30. The van der Waals surface area contributed by atoms with Gasteiger partial charge >= 0.3 is 6.18 Å². The zero-order valence-electron chi connectivity index (χ0n) is 11.2. The number of aliphatic hydroxyl groups excluding tert-OH is 1. The van der Waals surface area contributed by atoms with Crippen molar-refractivity contribution < 1.29 is 18.3 Å². The van der Waals surface area contributed by atoms with Crippen molar-refractivity contribution in [2.75, 3.05) is 0 Å². The summed E-state index contributed by atoms with van der Waals surface area (Å²) in [7, 11) is 0. The Morgan fingerprint density at radius 2 is 1.43 bits per heavy atom. The summed E-state index contributed by atoms with van der Waals surface area (Å²) >= 11 is 0. The van der Waals surface area contributed by atoms with Crippen LogP contribution in [0.1, 0.15) is 17.2 Å². The van der Waals surface area contributed by atoms with Gasteiger partial charge in [-0.3, -0.25) is 0 Å².